The highest BCUT2D eigenvalue weighted by molar-refractivity contribution is 6.18. The van der Waals surface area contributed by atoms with Crippen LogP contribution < -0.4 is 4.74 Å². The van der Waals surface area contributed by atoms with Gasteiger partial charge in [-0.15, -0.1) is 11.6 Å². The number of ether oxygens (including phenoxy) is 1. The van der Waals surface area contributed by atoms with E-state index in [1.54, 1.807) is 0 Å². The van der Waals surface area contributed by atoms with Crippen LogP contribution in [-0.2, 0) is 4.84 Å². The van der Waals surface area contributed by atoms with Crippen LogP contribution in [0.1, 0.15) is 25.3 Å². The molecule has 0 amide bonds. The van der Waals surface area contributed by atoms with Crippen LogP contribution in [-0.4, -0.2) is 24.3 Å². The van der Waals surface area contributed by atoms with Crippen LogP contribution >= 0.6 is 11.6 Å². The average Bonchev–Trinajstić information content (AvgIpc) is 2.85. The van der Waals surface area contributed by atoms with E-state index in [0.29, 0.717) is 5.88 Å². The lowest BCUT2D eigenvalue weighted by Crippen LogP contribution is -2.09. The summed E-state index contributed by atoms with van der Waals surface area (Å²) < 4.78 is 5.59. The molecule has 0 radical (unpaired) electrons. The number of benzene rings is 1. The molecule has 17 heavy (non-hydrogen) atoms. The van der Waals surface area contributed by atoms with Crippen molar-refractivity contribution in [3.63, 3.8) is 0 Å². The van der Waals surface area contributed by atoms with E-state index in [2.05, 4.69) is 12.1 Å². The van der Waals surface area contributed by atoms with Crippen molar-refractivity contribution in [3.05, 3.63) is 29.8 Å². The van der Waals surface area contributed by atoms with Gasteiger partial charge in [-0.3, -0.25) is 0 Å². The monoisotopic (exact) mass is 253 g/mol. The molecule has 2 rings (SSSR count). The Kier molecular flexibility index (Phi) is 4.26. The molecule has 1 aromatic carbocycles. The van der Waals surface area contributed by atoms with E-state index in [9.17, 15) is 0 Å². The fourth-order valence-electron chi connectivity index (χ4n) is 1.67. The van der Waals surface area contributed by atoms with Crippen LogP contribution in [0, 0.1) is 0 Å². The van der Waals surface area contributed by atoms with E-state index >= 15 is 0 Å². The quantitative estimate of drug-likeness (QED) is 0.755. The SMILES string of the molecule is CCCOc1cccc(C2=NOC(CCl)C2)c1. The molecule has 0 aliphatic carbocycles. The number of halogens is 1. The molecule has 3 nitrogen and oxygen atoms in total. The molecule has 1 aromatic rings. The van der Waals surface area contributed by atoms with Gasteiger partial charge in [-0.1, -0.05) is 24.2 Å². The molecule has 0 fully saturated rings. The fraction of sp³-hybridized carbons (Fsp3) is 0.462. The van der Waals surface area contributed by atoms with Crippen molar-refractivity contribution < 1.29 is 9.57 Å². The minimum Gasteiger partial charge on any atom is -0.494 e. The summed E-state index contributed by atoms with van der Waals surface area (Å²) in [5, 5.41) is 4.06. The summed E-state index contributed by atoms with van der Waals surface area (Å²) in [6.07, 6.45) is 1.77. The number of nitrogens with zero attached hydrogens (tertiary/aromatic N) is 1. The summed E-state index contributed by atoms with van der Waals surface area (Å²) in [6.45, 7) is 2.82. The minimum absolute atomic E-state index is 0.00637. The Morgan fingerprint density at radius 3 is 3.12 bits per heavy atom. The van der Waals surface area contributed by atoms with Crippen molar-refractivity contribution in [3.8, 4) is 5.75 Å². The molecular weight excluding hydrogens is 238 g/mol. The fourth-order valence-corrected chi connectivity index (χ4v) is 1.83. The molecule has 1 atom stereocenters. The Morgan fingerprint density at radius 2 is 2.41 bits per heavy atom. The van der Waals surface area contributed by atoms with Gasteiger partial charge in [0.1, 0.15) is 11.9 Å². The molecule has 0 spiro atoms. The summed E-state index contributed by atoms with van der Waals surface area (Å²) in [4.78, 5) is 5.21. The Bertz CT molecular complexity index is 406. The first-order valence-electron chi connectivity index (χ1n) is 5.85. The highest BCUT2D eigenvalue weighted by Gasteiger charge is 2.21. The van der Waals surface area contributed by atoms with Crippen molar-refractivity contribution >= 4 is 17.3 Å². The maximum atomic E-state index is 5.74. The van der Waals surface area contributed by atoms with Crippen molar-refractivity contribution in [1.29, 1.82) is 0 Å². The van der Waals surface area contributed by atoms with Gasteiger partial charge in [-0.05, 0) is 18.6 Å². The molecule has 1 unspecified atom stereocenters. The normalized spacial score (nSPS) is 18.7. The zero-order chi connectivity index (χ0) is 12.1. The third-order valence-corrected chi connectivity index (χ3v) is 2.89. The van der Waals surface area contributed by atoms with Crippen LogP contribution in [0.5, 0.6) is 5.75 Å². The van der Waals surface area contributed by atoms with Crippen LogP contribution in [0.3, 0.4) is 0 Å². The Balaban J connectivity index is 2.06. The Morgan fingerprint density at radius 1 is 1.53 bits per heavy atom. The summed E-state index contributed by atoms with van der Waals surface area (Å²) in [6, 6.07) is 7.93. The number of hydrogen-bond acceptors (Lipinski definition) is 3. The molecule has 92 valence electrons. The number of rotatable bonds is 5. The predicted octanol–water partition coefficient (Wildman–Crippen LogP) is 3.21. The smallest absolute Gasteiger partial charge is 0.146 e. The van der Waals surface area contributed by atoms with Gasteiger partial charge in [0, 0.05) is 12.0 Å². The van der Waals surface area contributed by atoms with E-state index < -0.39 is 0 Å². The molecule has 1 aliphatic rings. The van der Waals surface area contributed by atoms with Crippen molar-refractivity contribution in [1.82, 2.24) is 0 Å². The van der Waals surface area contributed by atoms with Gasteiger partial charge >= 0.3 is 0 Å². The van der Waals surface area contributed by atoms with Gasteiger partial charge in [0.2, 0.25) is 0 Å². The molecule has 0 aromatic heterocycles. The first-order chi connectivity index (χ1) is 8.33. The summed E-state index contributed by atoms with van der Waals surface area (Å²) in [7, 11) is 0. The molecule has 1 heterocycles. The highest BCUT2D eigenvalue weighted by atomic mass is 35.5. The second-order valence-corrected chi connectivity index (χ2v) is 4.31. The predicted molar refractivity (Wildman–Crippen MR) is 69.0 cm³/mol. The summed E-state index contributed by atoms with van der Waals surface area (Å²) in [5.74, 6) is 1.35. The molecule has 4 heteroatoms. The molecule has 0 N–H and O–H groups in total. The average molecular weight is 254 g/mol. The minimum atomic E-state index is 0.00637. The molecule has 0 saturated heterocycles. The maximum Gasteiger partial charge on any atom is 0.146 e. The summed E-state index contributed by atoms with van der Waals surface area (Å²) >= 11 is 5.74. The maximum absolute atomic E-state index is 5.74. The molecule has 1 aliphatic heterocycles. The number of oxime groups is 1. The van der Waals surface area contributed by atoms with Crippen LogP contribution in [0.2, 0.25) is 0 Å². The van der Waals surface area contributed by atoms with Crippen LogP contribution in [0.25, 0.3) is 0 Å². The number of alkyl halides is 1. The van der Waals surface area contributed by atoms with Crippen LogP contribution in [0.15, 0.2) is 29.4 Å². The standard InChI is InChI=1S/C13H16ClNO2/c1-2-6-16-11-5-3-4-10(7-11)13-8-12(9-14)17-15-13/h3-5,7,12H,2,6,8-9H2,1H3. The van der Waals surface area contributed by atoms with Gasteiger partial charge < -0.3 is 9.57 Å². The lowest BCUT2D eigenvalue weighted by molar-refractivity contribution is 0.102. The van der Waals surface area contributed by atoms with Crippen molar-refractivity contribution in [2.24, 2.45) is 5.16 Å². The van der Waals surface area contributed by atoms with Crippen LogP contribution in [0.4, 0.5) is 0 Å². The van der Waals surface area contributed by atoms with Crippen molar-refractivity contribution in [2.45, 2.75) is 25.9 Å². The largest absolute Gasteiger partial charge is 0.494 e. The second-order valence-electron chi connectivity index (χ2n) is 4.00. The van der Waals surface area contributed by atoms with Crippen molar-refractivity contribution in [2.75, 3.05) is 12.5 Å². The summed E-state index contributed by atoms with van der Waals surface area (Å²) in [5.41, 5.74) is 1.99. The van der Waals surface area contributed by atoms with E-state index in [1.165, 1.54) is 0 Å². The molecular formula is C13H16ClNO2. The zero-order valence-corrected chi connectivity index (χ0v) is 10.6. The lowest BCUT2D eigenvalue weighted by Gasteiger charge is -2.06. The van der Waals surface area contributed by atoms with Gasteiger partial charge in [0.05, 0.1) is 18.2 Å². The lowest BCUT2D eigenvalue weighted by atomic mass is 10.1. The first-order valence-corrected chi connectivity index (χ1v) is 6.38. The van der Waals surface area contributed by atoms with Gasteiger partial charge in [-0.2, -0.15) is 0 Å². The Hall–Kier alpha value is -1.22. The highest BCUT2D eigenvalue weighted by Crippen LogP contribution is 2.21. The first kappa shape index (κ1) is 12.2. The van der Waals surface area contributed by atoms with Gasteiger partial charge in [0.25, 0.3) is 0 Å². The zero-order valence-electron chi connectivity index (χ0n) is 9.86. The number of hydrogen-bond donors (Lipinski definition) is 0. The van der Waals surface area contributed by atoms with Gasteiger partial charge in [0.15, 0.2) is 0 Å². The van der Waals surface area contributed by atoms with E-state index in [-0.39, 0.29) is 6.10 Å². The molecule has 0 saturated carbocycles. The third-order valence-electron chi connectivity index (χ3n) is 2.55. The topological polar surface area (TPSA) is 30.8 Å². The van der Waals surface area contributed by atoms with E-state index in [0.717, 1.165) is 36.5 Å². The molecule has 0 bridgehead atoms. The van der Waals surface area contributed by atoms with E-state index in [4.69, 9.17) is 21.2 Å². The third kappa shape index (κ3) is 3.13. The second kappa shape index (κ2) is 5.92. The van der Waals surface area contributed by atoms with E-state index in [1.807, 2.05) is 24.3 Å². The van der Waals surface area contributed by atoms with Gasteiger partial charge in [-0.25, -0.2) is 0 Å². The Labute approximate surface area is 106 Å².